The smallest absolute Gasteiger partial charge is 0.354 e. The molecule has 0 spiro atoms. The highest BCUT2D eigenvalue weighted by Crippen LogP contribution is 2.27. The molecular formula is C10H4BrF2NO2. The number of fused-ring (bicyclic) bond motifs is 1. The van der Waals surface area contributed by atoms with E-state index in [1.807, 2.05) is 0 Å². The molecule has 82 valence electrons. The van der Waals surface area contributed by atoms with Crippen LogP contribution in [0.15, 0.2) is 22.7 Å². The van der Waals surface area contributed by atoms with Crippen LogP contribution in [0.2, 0.25) is 0 Å². The molecule has 0 radical (unpaired) electrons. The molecule has 0 unspecified atom stereocenters. The van der Waals surface area contributed by atoms with E-state index in [1.54, 1.807) is 0 Å². The average Bonchev–Trinajstić information content (AvgIpc) is 2.22. The van der Waals surface area contributed by atoms with Crippen LogP contribution in [0.1, 0.15) is 10.5 Å². The molecule has 2 aromatic rings. The Balaban J connectivity index is 2.92. The van der Waals surface area contributed by atoms with Crippen molar-refractivity contribution in [3.05, 3.63) is 40.0 Å². The van der Waals surface area contributed by atoms with E-state index in [4.69, 9.17) is 5.11 Å². The third-order valence-electron chi connectivity index (χ3n) is 2.03. The van der Waals surface area contributed by atoms with Crippen molar-refractivity contribution in [2.75, 3.05) is 0 Å². The minimum absolute atomic E-state index is 0.0648. The average molecular weight is 288 g/mol. The molecular weight excluding hydrogens is 284 g/mol. The number of carboxylic acids is 1. The first-order valence-electron chi connectivity index (χ1n) is 4.18. The van der Waals surface area contributed by atoms with Gasteiger partial charge in [0.15, 0.2) is 0 Å². The Labute approximate surface area is 96.9 Å². The summed E-state index contributed by atoms with van der Waals surface area (Å²) in [5.41, 5.74) is -0.643. The van der Waals surface area contributed by atoms with Gasteiger partial charge in [-0.15, -0.1) is 0 Å². The van der Waals surface area contributed by atoms with E-state index < -0.39 is 17.6 Å². The van der Waals surface area contributed by atoms with E-state index in [9.17, 15) is 13.6 Å². The molecule has 0 atom stereocenters. The van der Waals surface area contributed by atoms with Crippen LogP contribution in [0.5, 0.6) is 0 Å². The quantitative estimate of drug-likeness (QED) is 0.877. The number of hydrogen-bond donors (Lipinski definition) is 1. The normalized spacial score (nSPS) is 10.7. The molecule has 0 fully saturated rings. The summed E-state index contributed by atoms with van der Waals surface area (Å²) in [5.74, 6) is -2.72. The van der Waals surface area contributed by atoms with Crippen LogP contribution < -0.4 is 0 Å². The van der Waals surface area contributed by atoms with Crippen molar-refractivity contribution >= 4 is 32.8 Å². The van der Waals surface area contributed by atoms with Gasteiger partial charge in [-0.2, -0.15) is 0 Å². The van der Waals surface area contributed by atoms with Crippen molar-refractivity contribution in [2.24, 2.45) is 0 Å². The van der Waals surface area contributed by atoms with Gasteiger partial charge >= 0.3 is 5.97 Å². The van der Waals surface area contributed by atoms with Gasteiger partial charge in [-0.1, -0.05) is 0 Å². The van der Waals surface area contributed by atoms with Gasteiger partial charge in [0.1, 0.15) is 22.8 Å². The highest BCUT2D eigenvalue weighted by Gasteiger charge is 2.15. The first-order chi connectivity index (χ1) is 7.50. The van der Waals surface area contributed by atoms with Crippen molar-refractivity contribution in [1.82, 2.24) is 4.98 Å². The van der Waals surface area contributed by atoms with Gasteiger partial charge in [-0.05, 0) is 34.1 Å². The van der Waals surface area contributed by atoms with Gasteiger partial charge in [0.05, 0.1) is 5.39 Å². The Kier molecular flexibility index (Phi) is 2.59. The van der Waals surface area contributed by atoms with Crippen LogP contribution in [0.25, 0.3) is 10.9 Å². The van der Waals surface area contributed by atoms with Gasteiger partial charge in [0, 0.05) is 4.47 Å². The number of hydrogen-bond acceptors (Lipinski definition) is 2. The molecule has 3 nitrogen and oxygen atoms in total. The summed E-state index contributed by atoms with van der Waals surface area (Å²) in [5, 5.41) is 8.66. The number of halogens is 3. The number of pyridine rings is 1. The minimum atomic E-state index is -1.30. The molecule has 1 N–H and O–H groups in total. The molecule has 0 aliphatic rings. The molecule has 0 aliphatic heterocycles. The maximum atomic E-state index is 13.4. The maximum absolute atomic E-state index is 13.4. The summed E-state index contributed by atoms with van der Waals surface area (Å²) in [4.78, 5) is 14.2. The van der Waals surface area contributed by atoms with Crippen LogP contribution >= 0.6 is 15.9 Å². The second-order valence-corrected chi connectivity index (χ2v) is 3.90. The standard InChI is InChI=1S/C10H4BrF2NO2/c11-4-3-7(10(15)16)14-9-6(13)2-1-5(12)8(4)9/h1-3H,(H,15,16). The van der Waals surface area contributed by atoms with Gasteiger partial charge in [-0.25, -0.2) is 18.6 Å². The highest BCUT2D eigenvalue weighted by molar-refractivity contribution is 9.10. The van der Waals surface area contributed by atoms with E-state index in [0.29, 0.717) is 0 Å². The zero-order valence-electron chi connectivity index (χ0n) is 7.67. The fourth-order valence-electron chi connectivity index (χ4n) is 1.33. The second-order valence-electron chi connectivity index (χ2n) is 3.05. The molecule has 1 aromatic heterocycles. The maximum Gasteiger partial charge on any atom is 0.354 e. The molecule has 0 saturated heterocycles. The number of nitrogens with zero attached hydrogens (tertiary/aromatic N) is 1. The SMILES string of the molecule is O=C(O)c1cc(Br)c2c(F)ccc(F)c2n1. The number of rotatable bonds is 1. The largest absolute Gasteiger partial charge is 0.477 e. The zero-order valence-corrected chi connectivity index (χ0v) is 9.25. The Morgan fingerprint density at radius 2 is 1.94 bits per heavy atom. The lowest BCUT2D eigenvalue weighted by Gasteiger charge is -2.04. The Morgan fingerprint density at radius 3 is 2.56 bits per heavy atom. The monoisotopic (exact) mass is 287 g/mol. The third-order valence-corrected chi connectivity index (χ3v) is 2.66. The van der Waals surface area contributed by atoms with Crippen LogP contribution in [0.4, 0.5) is 8.78 Å². The van der Waals surface area contributed by atoms with E-state index >= 15 is 0 Å². The molecule has 1 aromatic carbocycles. The number of carboxylic acid groups (broad SMARTS) is 1. The molecule has 2 rings (SSSR count). The van der Waals surface area contributed by atoms with E-state index in [2.05, 4.69) is 20.9 Å². The van der Waals surface area contributed by atoms with Gasteiger partial charge < -0.3 is 5.11 Å². The lowest BCUT2D eigenvalue weighted by atomic mass is 10.2. The molecule has 0 saturated carbocycles. The van der Waals surface area contributed by atoms with Gasteiger partial charge in [0.25, 0.3) is 0 Å². The third kappa shape index (κ3) is 1.65. The fraction of sp³-hybridized carbons (Fsp3) is 0. The lowest BCUT2D eigenvalue weighted by molar-refractivity contribution is 0.0691. The predicted octanol–water partition coefficient (Wildman–Crippen LogP) is 2.97. The topological polar surface area (TPSA) is 50.2 Å². The highest BCUT2D eigenvalue weighted by atomic mass is 79.9. The second kappa shape index (κ2) is 3.79. The first kappa shape index (κ1) is 10.9. The number of benzene rings is 1. The van der Waals surface area contributed by atoms with Crippen LogP contribution in [0, 0.1) is 11.6 Å². The van der Waals surface area contributed by atoms with Crippen LogP contribution in [-0.2, 0) is 0 Å². The minimum Gasteiger partial charge on any atom is -0.477 e. The Bertz CT molecular complexity index is 601. The van der Waals surface area contributed by atoms with Crippen molar-refractivity contribution in [1.29, 1.82) is 0 Å². The Hall–Kier alpha value is -1.56. The fourth-order valence-corrected chi connectivity index (χ4v) is 1.93. The number of aromatic nitrogens is 1. The summed E-state index contributed by atoms with van der Waals surface area (Å²) in [6.07, 6.45) is 0. The van der Waals surface area contributed by atoms with E-state index in [1.165, 1.54) is 0 Å². The molecule has 0 bridgehead atoms. The summed E-state index contributed by atoms with van der Waals surface area (Å²) >= 11 is 2.99. The first-order valence-corrected chi connectivity index (χ1v) is 4.97. The molecule has 0 aliphatic carbocycles. The van der Waals surface area contributed by atoms with Gasteiger partial charge in [-0.3, -0.25) is 0 Å². The van der Waals surface area contributed by atoms with Crippen molar-refractivity contribution in [2.45, 2.75) is 0 Å². The molecule has 1 heterocycles. The predicted molar refractivity (Wildman–Crippen MR) is 56.3 cm³/mol. The van der Waals surface area contributed by atoms with Crippen molar-refractivity contribution in [3.63, 3.8) is 0 Å². The van der Waals surface area contributed by atoms with E-state index in [-0.39, 0.29) is 21.1 Å². The van der Waals surface area contributed by atoms with Crippen LogP contribution in [0.3, 0.4) is 0 Å². The molecule has 6 heteroatoms. The van der Waals surface area contributed by atoms with Gasteiger partial charge in [0.2, 0.25) is 0 Å². The van der Waals surface area contributed by atoms with Crippen molar-refractivity contribution < 1.29 is 18.7 Å². The lowest BCUT2D eigenvalue weighted by Crippen LogP contribution is -2.02. The van der Waals surface area contributed by atoms with E-state index in [0.717, 1.165) is 18.2 Å². The summed E-state index contributed by atoms with van der Waals surface area (Å²) in [6.45, 7) is 0. The number of carbonyl (C=O) groups is 1. The van der Waals surface area contributed by atoms with Crippen LogP contribution in [-0.4, -0.2) is 16.1 Å². The summed E-state index contributed by atoms with van der Waals surface area (Å²) < 4.78 is 26.9. The number of aromatic carboxylic acids is 1. The molecule has 16 heavy (non-hydrogen) atoms. The Morgan fingerprint density at radius 1 is 1.31 bits per heavy atom. The molecule has 0 amide bonds. The van der Waals surface area contributed by atoms with Crippen molar-refractivity contribution in [3.8, 4) is 0 Å². The summed E-state index contributed by atoms with van der Waals surface area (Å²) in [6, 6.07) is 3.00. The summed E-state index contributed by atoms with van der Waals surface area (Å²) in [7, 11) is 0. The zero-order chi connectivity index (χ0) is 11.9.